The van der Waals surface area contributed by atoms with E-state index in [2.05, 4.69) is 0 Å². The number of piperidine rings is 1. The molecule has 0 spiro atoms. The average Bonchev–Trinajstić information content (AvgIpc) is 2.37. The van der Waals surface area contributed by atoms with E-state index in [9.17, 15) is 13.5 Å². The first kappa shape index (κ1) is 15.5. The monoisotopic (exact) mass is 297 g/mol. The molecule has 0 saturated carbocycles. The molecular weight excluding hydrogens is 274 g/mol. The molecule has 0 radical (unpaired) electrons. The van der Waals surface area contributed by atoms with E-state index in [4.69, 9.17) is 0 Å². The Bertz CT molecular complexity index is 553. The molecule has 1 saturated heterocycles. The van der Waals surface area contributed by atoms with E-state index in [0.29, 0.717) is 18.0 Å². The number of hydrogen-bond acceptors (Lipinski definition) is 3. The van der Waals surface area contributed by atoms with Crippen LogP contribution in [0.25, 0.3) is 0 Å². The zero-order chi connectivity index (χ0) is 14.9. The summed E-state index contributed by atoms with van der Waals surface area (Å²) in [4.78, 5) is 0.380. The van der Waals surface area contributed by atoms with Crippen LogP contribution in [-0.2, 0) is 10.0 Å². The molecule has 0 aliphatic carbocycles. The van der Waals surface area contributed by atoms with Gasteiger partial charge in [-0.2, -0.15) is 4.31 Å². The number of hydrogen-bond donors (Lipinski definition) is 1. The summed E-state index contributed by atoms with van der Waals surface area (Å²) in [7, 11) is -3.40. The van der Waals surface area contributed by atoms with E-state index in [1.54, 1.807) is 23.4 Å². The lowest BCUT2D eigenvalue weighted by atomic mass is 9.93. The van der Waals surface area contributed by atoms with Gasteiger partial charge in [0.1, 0.15) is 0 Å². The second kappa shape index (κ2) is 5.84. The van der Waals surface area contributed by atoms with Crippen LogP contribution in [0.3, 0.4) is 0 Å². The van der Waals surface area contributed by atoms with Gasteiger partial charge < -0.3 is 5.11 Å². The zero-order valence-electron chi connectivity index (χ0n) is 12.3. The molecule has 1 fully saturated rings. The summed E-state index contributed by atoms with van der Waals surface area (Å²) in [5, 5.41) is 9.59. The third kappa shape index (κ3) is 3.22. The Balaban J connectivity index is 2.19. The summed E-state index contributed by atoms with van der Waals surface area (Å²) in [6.07, 6.45) is 1.09. The number of sulfonamides is 1. The summed E-state index contributed by atoms with van der Waals surface area (Å²) in [5.74, 6) is 0.209. The van der Waals surface area contributed by atoms with Gasteiger partial charge in [0.25, 0.3) is 0 Å². The van der Waals surface area contributed by atoms with Crippen LogP contribution in [0.15, 0.2) is 23.1 Å². The lowest BCUT2D eigenvalue weighted by Gasteiger charge is -2.32. The van der Waals surface area contributed by atoms with Crippen molar-refractivity contribution in [2.75, 3.05) is 13.1 Å². The molecule has 1 aromatic rings. The van der Waals surface area contributed by atoms with E-state index < -0.39 is 10.0 Å². The van der Waals surface area contributed by atoms with Gasteiger partial charge in [0.2, 0.25) is 10.0 Å². The molecule has 1 heterocycles. The average molecular weight is 297 g/mol. The minimum atomic E-state index is -3.40. The van der Waals surface area contributed by atoms with Crippen molar-refractivity contribution in [2.24, 2.45) is 5.92 Å². The normalized spacial score (nSPS) is 20.0. The van der Waals surface area contributed by atoms with Crippen molar-refractivity contribution >= 4 is 10.0 Å². The fraction of sp³-hybridized carbons (Fsp3) is 0.600. The van der Waals surface area contributed by atoms with Crippen molar-refractivity contribution in [3.05, 3.63) is 29.3 Å². The minimum absolute atomic E-state index is 0.209. The van der Waals surface area contributed by atoms with Crippen LogP contribution >= 0.6 is 0 Å². The molecule has 2 rings (SSSR count). The highest BCUT2D eigenvalue weighted by Crippen LogP contribution is 2.26. The molecule has 1 aliphatic rings. The molecular formula is C15H23NO3S. The molecule has 1 unspecified atom stereocenters. The summed E-state index contributed by atoms with van der Waals surface area (Å²) in [6.45, 7) is 6.58. The Morgan fingerprint density at radius 3 is 2.10 bits per heavy atom. The van der Waals surface area contributed by atoms with Crippen LogP contribution in [0.5, 0.6) is 0 Å². The summed E-state index contributed by atoms with van der Waals surface area (Å²) in [6, 6.07) is 5.42. The van der Waals surface area contributed by atoms with E-state index >= 15 is 0 Å². The molecule has 0 amide bonds. The fourth-order valence-corrected chi connectivity index (χ4v) is 4.49. The first-order valence-corrected chi connectivity index (χ1v) is 8.51. The van der Waals surface area contributed by atoms with E-state index in [1.165, 1.54) is 0 Å². The zero-order valence-corrected chi connectivity index (χ0v) is 13.2. The summed E-state index contributed by atoms with van der Waals surface area (Å²) in [5.41, 5.74) is 1.92. The largest absolute Gasteiger partial charge is 0.393 e. The highest BCUT2D eigenvalue weighted by Gasteiger charge is 2.30. The van der Waals surface area contributed by atoms with Crippen LogP contribution in [0, 0.1) is 19.8 Å². The quantitative estimate of drug-likeness (QED) is 0.929. The molecule has 5 heteroatoms. The second-order valence-electron chi connectivity index (χ2n) is 5.81. The van der Waals surface area contributed by atoms with Crippen molar-refractivity contribution < 1.29 is 13.5 Å². The number of aliphatic hydroxyl groups excluding tert-OH is 1. The molecule has 1 aromatic carbocycles. The van der Waals surface area contributed by atoms with Gasteiger partial charge in [0.15, 0.2) is 0 Å². The van der Waals surface area contributed by atoms with Crippen molar-refractivity contribution in [1.29, 1.82) is 0 Å². The lowest BCUT2D eigenvalue weighted by molar-refractivity contribution is 0.0912. The number of nitrogens with zero attached hydrogens (tertiary/aromatic N) is 1. The smallest absolute Gasteiger partial charge is 0.243 e. The fourth-order valence-electron chi connectivity index (χ4n) is 2.83. The van der Waals surface area contributed by atoms with Gasteiger partial charge in [0.05, 0.1) is 11.0 Å². The molecule has 1 aliphatic heterocycles. The van der Waals surface area contributed by atoms with Crippen LogP contribution < -0.4 is 0 Å². The van der Waals surface area contributed by atoms with E-state index in [0.717, 1.165) is 24.0 Å². The number of rotatable bonds is 3. The Morgan fingerprint density at radius 1 is 1.15 bits per heavy atom. The van der Waals surface area contributed by atoms with Gasteiger partial charge in [-0.05, 0) is 62.8 Å². The lowest BCUT2D eigenvalue weighted by Crippen LogP contribution is -2.40. The SMILES string of the molecule is Cc1cc(C)cc(S(=O)(=O)N2CCC(C(C)O)CC2)c1. The van der Waals surface area contributed by atoms with Gasteiger partial charge >= 0.3 is 0 Å². The van der Waals surface area contributed by atoms with E-state index in [-0.39, 0.29) is 12.0 Å². The summed E-state index contributed by atoms with van der Waals surface area (Å²) >= 11 is 0. The summed E-state index contributed by atoms with van der Waals surface area (Å²) < 4.78 is 26.8. The maximum absolute atomic E-state index is 12.6. The molecule has 1 atom stereocenters. The molecule has 112 valence electrons. The van der Waals surface area contributed by atoms with Crippen LogP contribution in [0.4, 0.5) is 0 Å². The maximum atomic E-state index is 12.6. The van der Waals surface area contributed by atoms with Gasteiger partial charge in [-0.1, -0.05) is 6.07 Å². The Morgan fingerprint density at radius 2 is 1.65 bits per heavy atom. The van der Waals surface area contributed by atoms with Crippen molar-refractivity contribution in [2.45, 2.75) is 44.6 Å². The second-order valence-corrected chi connectivity index (χ2v) is 7.74. The topological polar surface area (TPSA) is 57.6 Å². The molecule has 4 nitrogen and oxygen atoms in total. The first-order chi connectivity index (χ1) is 9.30. The standard InChI is InChI=1S/C15H23NO3S/c1-11-8-12(2)10-15(9-11)20(18,19)16-6-4-14(5-7-16)13(3)17/h8-10,13-14,17H,4-7H2,1-3H3. The third-order valence-electron chi connectivity index (χ3n) is 4.01. The third-order valence-corrected chi connectivity index (χ3v) is 5.89. The van der Waals surface area contributed by atoms with Crippen LogP contribution in [0.2, 0.25) is 0 Å². The van der Waals surface area contributed by atoms with Crippen molar-refractivity contribution in [3.8, 4) is 0 Å². The Labute approximate surface area is 121 Å². The van der Waals surface area contributed by atoms with Gasteiger partial charge in [-0.3, -0.25) is 0 Å². The molecule has 20 heavy (non-hydrogen) atoms. The highest BCUT2D eigenvalue weighted by atomic mass is 32.2. The van der Waals surface area contributed by atoms with Crippen LogP contribution in [-0.4, -0.2) is 37.0 Å². The van der Waals surface area contributed by atoms with E-state index in [1.807, 2.05) is 19.9 Å². The minimum Gasteiger partial charge on any atom is -0.393 e. The maximum Gasteiger partial charge on any atom is 0.243 e. The number of aliphatic hydroxyl groups is 1. The Hall–Kier alpha value is -0.910. The van der Waals surface area contributed by atoms with Crippen molar-refractivity contribution in [1.82, 2.24) is 4.31 Å². The Kier molecular flexibility index (Phi) is 4.52. The molecule has 1 N–H and O–H groups in total. The van der Waals surface area contributed by atoms with Crippen LogP contribution in [0.1, 0.15) is 30.9 Å². The van der Waals surface area contributed by atoms with Gasteiger partial charge in [-0.25, -0.2) is 8.42 Å². The predicted octanol–water partition coefficient (Wildman–Crippen LogP) is 2.08. The number of aryl methyl sites for hydroxylation is 2. The highest BCUT2D eigenvalue weighted by molar-refractivity contribution is 7.89. The predicted molar refractivity (Wildman–Crippen MR) is 79.1 cm³/mol. The molecule has 0 aromatic heterocycles. The number of benzene rings is 1. The van der Waals surface area contributed by atoms with Gasteiger partial charge in [0, 0.05) is 13.1 Å². The van der Waals surface area contributed by atoms with Gasteiger partial charge in [-0.15, -0.1) is 0 Å². The van der Waals surface area contributed by atoms with Crippen molar-refractivity contribution in [3.63, 3.8) is 0 Å². The molecule has 0 bridgehead atoms. The first-order valence-electron chi connectivity index (χ1n) is 7.07.